The summed E-state index contributed by atoms with van der Waals surface area (Å²) in [7, 11) is 4.16. The third-order valence-corrected chi connectivity index (χ3v) is 4.33. The molecule has 0 aromatic heterocycles. The van der Waals surface area contributed by atoms with Gasteiger partial charge in [0, 0.05) is 31.5 Å². The number of nitrogens with zero attached hydrogens (tertiary/aromatic N) is 1. The lowest BCUT2D eigenvalue weighted by atomic mass is 9.85. The van der Waals surface area contributed by atoms with E-state index in [0.717, 1.165) is 0 Å². The van der Waals surface area contributed by atoms with Crippen LogP contribution in [0.1, 0.15) is 46.0 Å². The lowest BCUT2D eigenvalue weighted by molar-refractivity contribution is 0.313. The van der Waals surface area contributed by atoms with Crippen molar-refractivity contribution in [2.75, 3.05) is 24.3 Å². The SMILES string of the molecule is CN(C)c1ccc(NC2CCCC(C)(C)CC2)cc1. The Kier molecular flexibility index (Phi) is 4.38. The van der Waals surface area contributed by atoms with Crippen molar-refractivity contribution in [3.63, 3.8) is 0 Å². The highest BCUT2D eigenvalue weighted by Gasteiger charge is 2.24. The van der Waals surface area contributed by atoms with Crippen LogP contribution in [0.2, 0.25) is 0 Å². The number of hydrogen-bond donors (Lipinski definition) is 1. The van der Waals surface area contributed by atoms with Gasteiger partial charge in [-0.15, -0.1) is 0 Å². The number of nitrogens with one attached hydrogen (secondary N) is 1. The molecule has 1 aromatic carbocycles. The first kappa shape index (κ1) is 14.2. The average molecular weight is 260 g/mol. The molecule has 2 heteroatoms. The van der Waals surface area contributed by atoms with E-state index in [4.69, 9.17) is 0 Å². The van der Waals surface area contributed by atoms with Crippen LogP contribution in [0, 0.1) is 5.41 Å². The zero-order valence-electron chi connectivity index (χ0n) is 12.9. The predicted molar refractivity (Wildman–Crippen MR) is 85.0 cm³/mol. The zero-order valence-corrected chi connectivity index (χ0v) is 12.9. The third kappa shape index (κ3) is 4.15. The number of anilines is 2. The van der Waals surface area contributed by atoms with Crippen LogP contribution in [-0.4, -0.2) is 20.1 Å². The summed E-state index contributed by atoms with van der Waals surface area (Å²) in [5.41, 5.74) is 3.05. The van der Waals surface area contributed by atoms with Crippen molar-refractivity contribution in [3.05, 3.63) is 24.3 Å². The van der Waals surface area contributed by atoms with Gasteiger partial charge in [-0.1, -0.05) is 20.3 Å². The molecular weight excluding hydrogens is 232 g/mol. The molecular formula is C17H28N2. The molecule has 0 aliphatic heterocycles. The van der Waals surface area contributed by atoms with Crippen molar-refractivity contribution in [1.29, 1.82) is 0 Å². The minimum atomic E-state index is 0.533. The van der Waals surface area contributed by atoms with Crippen molar-refractivity contribution in [1.82, 2.24) is 0 Å². The molecule has 106 valence electrons. The van der Waals surface area contributed by atoms with Gasteiger partial charge < -0.3 is 10.2 Å². The van der Waals surface area contributed by atoms with E-state index in [9.17, 15) is 0 Å². The molecule has 1 atom stereocenters. The van der Waals surface area contributed by atoms with Crippen molar-refractivity contribution in [3.8, 4) is 0 Å². The Hall–Kier alpha value is -1.18. The fraction of sp³-hybridized carbons (Fsp3) is 0.647. The Balaban J connectivity index is 1.93. The highest BCUT2D eigenvalue weighted by Crippen LogP contribution is 2.34. The Morgan fingerprint density at radius 2 is 1.74 bits per heavy atom. The molecule has 0 radical (unpaired) electrons. The summed E-state index contributed by atoms with van der Waals surface area (Å²) >= 11 is 0. The summed E-state index contributed by atoms with van der Waals surface area (Å²) in [6, 6.07) is 9.41. The molecule has 1 aliphatic rings. The molecule has 1 aliphatic carbocycles. The molecule has 0 heterocycles. The monoisotopic (exact) mass is 260 g/mol. The molecule has 19 heavy (non-hydrogen) atoms. The van der Waals surface area contributed by atoms with Crippen molar-refractivity contribution in [2.24, 2.45) is 5.41 Å². The molecule has 1 saturated carbocycles. The Labute approximate surface area is 118 Å². The van der Waals surface area contributed by atoms with E-state index < -0.39 is 0 Å². The van der Waals surface area contributed by atoms with Crippen LogP contribution >= 0.6 is 0 Å². The first-order valence-corrected chi connectivity index (χ1v) is 7.50. The summed E-state index contributed by atoms with van der Waals surface area (Å²) in [6.45, 7) is 4.81. The van der Waals surface area contributed by atoms with E-state index in [1.54, 1.807) is 0 Å². The van der Waals surface area contributed by atoms with Gasteiger partial charge in [0.2, 0.25) is 0 Å². The van der Waals surface area contributed by atoms with E-state index in [2.05, 4.69) is 62.4 Å². The second-order valence-corrected chi connectivity index (χ2v) is 6.88. The van der Waals surface area contributed by atoms with E-state index in [-0.39, 0.29) is 0 Å². The summed E-state index contributed by atoms with van der Waals surface area (Å²) in [5.74, 6) is 0. The van der Waals surface area contributed by atoms with Crippen LogP contribution < -0.4 is 10.2 Å². The first-order valence-electron chi connectivity index (χ1n) is 7.50. The smallest absolute Gasteiger partial charge is 0.0362 e. The lowest BCUT2D eigenvalue weighted by Crippen LogP contribution is -2.19. The Morgan fingerprint density at radius 3 is 2.37 bits per heavy atom. The molecule has 1 fully saturated rings. The van der Waals surface area contributed by atoms with Crippen LogP contribution in [0.15, 0.2) is 24.3 Å². The average Bonchev–Trinajstić information content (AvgIpc) is 2.52. The van der Waals surface area contributed by atoms with E-state index in [1.807, 2.05) is 0 Å². The quantitative estimate of drug-likeness (QED) is 0.804. The maximum absolute atomic E-state index is 3.71. The molecule has 0 bridgehead atoms. The molecule has 2 nitrogen and oxygen atoms in total. The highest BCUT2D eigenvalue weighted by atomic mass is 15.1. The molecule has 0 saturated heterocycles. The predicted octanol–water partition coefficient (Wildman–Crippen LogP) is 4.52. The maximum Gasteiger partial charge on any atom is 0.0362 e. The number of hydrogen-bond acceptors (Lipinski definition) is 2. The molecule has 1 N–H and O–H groups in total. The summed E-state index contributed by atoms with van der Waals surface area (Å²) < 4.78 is 0. The molecule has 1 aromatic rings. The van der Waals surface area contributed by atoms with Gasteiger partial charge in [-0.3, -0.25) is 0 Å². The van der Waals surface area contributed by atoms with Gasteiger partial charge in [-0.05, 0) is 55.4 Å². The van der Waals surface area contributed by atoms with Gasteiger partial charge >= 0.3 is 0 Å². The van der Waals surface area contributed by atoms with Crippen LogP contribution in [0.25, 0.3) is 0 Å². The maximum atomic E-state index is 3.71. The van der Waals surface area contributed by atoms with Crippen molar-refractivity contribution in [2.45, 2.75) is 52.0 Å². The second-order valence-electron chi connectivity index (χ2n) is 6.88. The van der Waals surface area contributed by atoms with Crippen LogP contribution in [0.4, 0.5) is 11.4 Å². The van der Waals surface area contributed by atoms with Gasteiger partial charge in [0.15, 0.2) is 0 Å². The Bertz CT molecular complexity index is 392. The highest BCUT2D eigenvalue weighted by molar-refractivity contribution is 5.54. The summed E-state index contributed by atoms with van der Waals surface area (Å²) in [4.78, 5) is 2.14. The second kappa shape index (κ2) is 5.85. The van der Waals surface area contributed by atoms with Crippen LogP contribution in [0.3, 0.4) is 0 Å². The van der Waals surface area contributed by atoms with Crippen LogP contribution in [0.5, 0.6) is 0 Å². The van der Waals surface area contributed by atoms with E-state index >= 15 is 0 Å². The molecule has 2 rings (SSSR count). The Morgan fingerprint density at radius 1 is 1.05 bits per heavy atom. The fourth-order valence-electron chi connectivity index (χ4n) is 2.90. The topological polar surface area (TPSA) is 15.3 Å². The largest absolute Gasteiger partial charge is 0.382 e. The minimum absolute atomic E-state index is 0.533. The molecule has 1 unspecified atom stereocenters. The lowest BCUT2D eigenvalue weighted by Gasteiger charge is -2.22. The van der Waals surface area contributed by atoms with Gasteiger partial charge in [0.05, 0.1) is 0 Å². The van der Waals surface area contributed by atoms with Gasteiger partial charge in [-0.2, -0.15) is 0 Å². The van der Waals surface area contributed by atoms with Gasteiger partial charge in [0.1, 0.15) is 0 Å². The molecule has 0 amide bonds. The van der Waals surface area contributed by atoms with Crippen LogP contribution in [-0.2, 0) is 0 Å². The van der Waals surface area contributed by atoms with E-state index in [0.29, 0.717) is 11.5 Å². The zero-order chi connectivity index (χ0) is 13.9. The van der Waals surface area contributed by atoms with Gasteiger partial charge in [0.25, 0.3) is 0 Å². The first-order chi connectivity index (χ1) is 8.96. The van der Waals surface area contributed by atoms with Gasteiger partial charge in [-0.25, -0.2) is 0 Å². The number of benzene rings is 1. The van der Waals surface area contributed by atoms with Crippen molar-refractivity contribution >= 4 is 11.4 Å². The standard InChI is InChI=1S/C17H28N2/c1-17(2)12-5-6-14(11-13-17)18-15-7-9-16(10-8-15)19(3)4/h7-10,14,18H,5-6,11-13H2,1-4H3. The van der Waals surface area contributed by atoms with E-state index in [1.165, 1.54) is 43.5 Å². The molecule has 0 spiro atoms. The minimum Gasteiger partial charge on any atom is -0.382 e. The normalized spacial score (nSPS) is 22.6. The van der Waals surface area contributed by atoms with Crippen molar-refractivity contribution < 1.29 is 0 Å². The fourth-order valence-corrected chi connectivity index (χ4v) is 2.90. The third-order valence-electron chi connectivity index (χ3n) is 4.33. The summed E-state index contributed by atoms with van der Waals surface area (Å²) in [5, 5.41) is 3.71. The number of rotatable bonds is 3. The summed E-state index contributed by atoms with van der Waals surface area (Å²) in [6.07, 6.45) is 6.65.